The third-order valence-corrected chi connectivity index (χ3v) is 3.79. The number of aliphatic hydroxyl groups is 1. The number of urea groups is 1. The molecule has 0 aliphatic carbocycles. The van der Waals surface area contributed by atoms with E-state index in [-0.39, 0.29) is 24.9 Å². The summed E-state index contributed by atoms with van der Waals surface area (Å²) in [5.74, 6) is 0.321. The highest BCUT2D eigenvalue weighted by atomic mass is 19.1. The number of carbonyl (C=O) groups is 1. The van der Waals surface area contributed by atoms with E-state index in [1.807, 2.05) is 6.92 Å². The molecular weight excluding hydrogens is 323 g/mol. The predicted octanol–water partition coefficient (Wildman–Crippen LogP) is 2.62. The second-order valence-electron chi connectivity index (χ2n) is 6.62. The summed E-state index contributed by atoms with van der Waals surface area (Å²) in [5, 5.41) is 12.6. The van der Waals surface area contributed by atoms with E-state index in [9.17, 15) is 14.3 Å². The van der Waals surface area contributed by atoms with Gasteiger partial charge in [0.05, 0.1) is 17.8 Å². The fourth-order valence-corrected chi connectivity index (χ4v) is 2.57. The van der Waals surface area contributed by atoms with Crippen molar-refractivity contribution >= 4 is 6.03 Å². The van der Waals surface area contributed by atoms with Crippen LogP contribution in [0.3, 0.4) is 0 Å². The van der Waals surface area contributed by atoms with Crippen LogP contribution in [0.15, 0.2) is 30.6 Å². The number of benzene rings is 1. The van der Waals surface area contributed by atoms with Crippen LogP contribution >= 0.6 is 0 Å². The summed E-state index contributed by atoms with van der Waals surface area (Å²) in [6.07, 6.45) is 3.32. The number of hydrogen-bond donors (Lipinski definition) is 2. The summed E-state index contributed by atoms with van der Waals surface area (Å²) in [7, 11) is 0. The minimum atomic E-state index is -0.968. The van der Waals surface area contributed by atoms with Crippen LogP contribution in [-0.2, 0) is 6.54 Å². The lowest BCUT2D eigenvalue weighted by atomic mass is 10.1. The van der Waals surface area contributed by atoms with Gasteiger partial charge in [0, 0.05) is 25.5 Å². The minimum Gasteiger partial charge on any atom is -0.389 e. The lowest BCUT2D eigenvalue weighted by molar-refractivity contribution is 0.0480. The molecule has 1 aromatic heterocycles. The first kappa shape index (κ1) is 18.9. The Hall–Kier alpha value is -2.41. The Balaban J connectivity index is 2.03. The van der Waals surface area contributed by atoms with Gasteiger partial charge in [-0.3, -0.25) is 0 Å². The van der Waals surface area contributed by atoms with Crippen LogP contribution in [0.4, 0.5) is 9.18 Å². The van der Waals surface area contributed by atoms with Crippen molar-refractivity contribution in [1.82, 2.24) is 19.8 Å². The van der Waals surface area contributed by atoms with Crippen molar-refractivity contribution in [3.05, 3.63) is 47.8 Å². The van der Waals surface area contributed by atoms with Gasteiger partial charge in [0.25, 0.3) is 0 Å². The van der Waals surface area contributed by atoms with Crippen LogP contribution in [0.5, 0.6) is 0 Å². The highest BCUT2D eigenvalue weighted by molar-refractivity contribution is 5.74. The molecule has 0 radical (unpaired) electrons. The predicted molar refractivity (Wildman–Crippen MR) is 94.0 cm³/mol. The van der Waals surface area contributed by atoms with Gasteiger partial charge in [0.15, 0.2) is 0 Å². The van der Waals surface area contributed by atoms with Crippen LogP contribution in [0.25, 0.3) is 5.69 Å². The number of rotatable bonds is 6. The number of carbonyl (C=O) groups excluding carboxylic acids is 1. The quantitative estimate of drug-likeness (QED) is 0.843. The molecule has 1 heterocycles. The van der Waals surface area contributed by atoms with Gasteiger partial charge in [-0.15, -0.1) is 0 Å². The van der Waals surface area contributed by atoms with Crippen LogP contribution in [0, 0.1) is 12.7 Å². The monoisotopic (exact) mass is 348 g/mol. The van der Waals surface area contributed by atoms with Crippen molar-refractivity contribution in [3.8, 4) is 5.69 Å². The molecule has 2 rings (SSSR count). The topological polar surface area (TPSA) is 70.4 Å². The summed E-state index contributed by atoms with van der Waals surface area (Å²) < 4.78 is 16.0. The maximum Gasteiger partial charge on any atom is 0.317 e. The van der Waals surface area contributed by atoms with E-state index in [4.69, 9.17) is 0 Å². The molecule has 2 aromatic rings. The van der Waals surface area contributed by atoms with E-state index in [1.54, 1.807) is 49.9 Å². The molecular formula is C18H25FN4O2. The summed E-state index contributed by atoms with van der Waals surface area (Å²) in [5.41, 5.74) is 0.109. The number of amides is 2. The van der Waals surface area contributed by atoms with Gasteiger partial charge in [0.1, 0.15) is 11.6 Å². The lowest BCUT2D eigenvalue weighted by Gasteiger charge is -2.28. The molecule has 0 bridgehead atoms. The number of imidazole rings is 1. The Morgan fingerprint density at radius 3 is 2.68 bits per heavy atom. The fraction of sp³-hybridized carbons (Fsp3) is 0.444. The van der Waals surface area contributed by atoms with E-state index in [0.717, 1.165) is 0 Å². The third kappa shape index (κ3) is 5.03. The van der Waals surface area contributed by atoms with Gasteiger partial charge in [-0.05, 0) is 45.4 Å². The van der Waals surface area contributed by atoms with E-state index < -0.39 is 5.60 Å². The van der Waals surface area contributed by atoms with Crippen molar-refractivity contribution < 1.29 is 14.3 Å². The van der Waals surface area contributed by atoms with Gasteiger partial charge < -0.3 is 19.9 Å². The van der Waals surface area contributed by atoms with Crippen LogP contribution < -0.4 is 5.32 Å². The molecule has 7 heteroatoms. The van der Waals surface area contributed by atoms with Crippen molar-refractivity contribution in [1.29, 1.82) is 0 Å². The first-order chi connectivity index (χ1) is 11.7. The Kier molecular flexibility index (Phi) is 5.79. The maximum atomic E-state index is 14.4. The zero-order valence-electron chi connectivity index (χ0n) is 15.1. The van der Waals surface area contributed by atoms with E-state index in [0.29, 0.717) is 23.6 Å². The molecule has 0 unspecified atom stereocenters. The number of aryl methyl sites for hydroxylation is 1. The SMILES string of the molecule is CCN(CC(C)(C)O)C(=O)NCc1ccc(-n2ccnc2C)c(F)c1. The summed E-state index contributed by atoms with van der Waals surface area (Å²) in [6.45, 7) is 7.85. The minimum absolute atomic E-state index is 0.210. The zero-order chi connectivity index (χ0) is 18.6. The van der Waals surface area contributed by atoms with Crippen molar-refractivity contribution in [3.63, 3.8) is 0 Å². The van der Waals surface area contributed by atoms with E-state index in [2.05, 4.69) is 10.3 Å². The highest BCUT2D eigenvalue weighted by Gasteiger charge is 2.21. The summed E-state index contributed by atoms with van der Waals surface area (Å²) in [4.78, 5) is 17.8. The second kappa shape index (κ2) is 7.65. The summed E-state index contributed by atoms with van der Waals surface area (Å²) >= 11 is 0. The molecule has 2 N–H and O–H groups in total. The number of aromatic nitrogens is 2. The first-order valence-corrected chi connectivity index (χ1v) is 8.25. The van der Waals surface area contributed by atoms with Gasteiger partial charge in [-0.1, -0.05) is 6.07 Å². The number of nitrogens with zero attached hydrogens (tertiary/aromatic N) is 3. The smallest absolute Gasteiger partial charge is 0.317 e. The Labute approximate surface area is 147 Å². The number of halogens is 1. The Morgan fingerprint density at radius 1 is 1.44 bits per heavy atom. The van der Waals surface area contributed by atoms with Gasteiger partial charge >= 0.3 is 6.03 Å². The lowest BCUT2D eigenvalue weighted by Crippen LogP contribution is -2.46. The van der Waals surface area contributed by atoms with Crippen molar-refractivity contribution in [2.24, 2.45) is 0 Å². The molecule has 0 atom stereocenters. The molecule has 0 fully saturated rings. The van der Waals surface area contributed by atoms with Gasteiger partial charge in [0.2, 0.25) is 0 Å². The largest absolute Gasteiger partial charge is 0.389 e. The summed E-state index contributed by atoms with van der Waals surface area (Å²) in [6, 6.07) is 4.55. The molecule has 6 nitrogen and oxygen atoms in total. The molecule has 0 saturated heterocycles. The average Bonchev–Trinajstić information content (AvgIpc) is 2.95. The Bertz CT molecular complexity index is 737. The molecule has 2 amide bonds. The van der Waals surface area contributed by atoms with E-state index >= 15 is 0 Å². The molecule has 136 valence electrons. The molecule has 25 heavy (non-hydrogen) atoms. The van der Waals surface area contributed by atoms with Crippen molar-refractivity contribution in [2.75, 3.05) is 13.1 Å². The number of likely N-dealkylation sites (N-methyl/N-ethyl adjacent to an activating group) is 1. The zero-order valence-corrected chi connectivity index (χ0v) is 15.1. The average molecular weight is 348 g/mol. The maximum absolute atomic E-state index is 14.4. The number of hydrogen-bond acceptors (Lipinski definition) is 3. The van der Waals surface area contributed by atoms with Crippen LogP contribution in [0.2, 0.25) is 0 Å². The molecule has 0 saturated carbocycles. The van der Waals surface area contributed by atoms with Crippen molar-refractivity contribution in [2.45, 2.75) is 39.8 Å². The van der Waals surface area contributed by atoms with Crippen LogP contribution in [0.1, 0.15) is 32.2 Å². The first-order valence-electron chi connectivity index (χ1n) is 8.25. The van der Waals surface area contributed by atoms with E-state index in [1.165, 1.54) is 11.0 Å². The number of nitrogens with one attached hydrogen (secondary N) is 1. The molecule has 0 aliphatic rings. The fourth-order valence-electron chi connectivity index (χ4n) is 2.57. The third-order valence-electron chi connectivity index (χ3n) is 3.79. The molecule has 0 aliphatic heterocycles. The highest BCUT2D eigenvalue weighted by Crippen LogP contribution is 2.17. The second-order valence-corrected chi connectivity index (χ2v) is 6.62. The van der Waals surface area contributed by atoms with Crippen LogP contribution in [-0.4, -0.2) is 44.3 Å². The van der Waals surface area contributed by atoms with Gasteiger partial charge in [-0.25, -0.2) is 14.2 Å². The molecule has 1 aromatic carbocycles. The van der Waals surface area contributed by atoms with Gasteiger partial charge in [-0.2, -0.15) is 0 Å². The Morgan fingerprint density at radius 2 is 2.16 bits per heavy atom. The normalized spacial score (nSPS) is 11.4. The standard InChI is InChI=1S/C18H25FN4O2/c1-5-22(12-18(3,4)25)17(24)21-11-14-6-7-16(15(19)10-14)23-9-8-20-13(23)2/h6-10,25H,5,11-12H2,1-4H3,(H,21,24). The molecule has 0 spiro atoms.